The Morgan fingerprint density at radius 2 is 2.00 bits per heavy atom. The van der Waals surface area contributed by atoms with Crippen molar-refractivity contribution in [3.8, 4) is 0 Å². The molecule has 0 saturated heterocycles. The molecular formula is C14H19FN2O3. The molecular weight excluding hydrogens is 263 g/mol. The summed E-state index contributed by atoms with van der Waals surface area (Å²) in [5.74, 6) is -2.04. The lowest BCUT2D eigenvalue weighted by Gasteiger charge is -2.37. The highest BCUT2D eigenvalue weighted by Gasteiger charge is 2.32. The molecule has 0 bridgehead atoms. The maximum atomic E-state index is 13.4. The van der Waals surface area contributed by atoms with E-state index in [0.717, 1.165) is 38.2 Å². The van der Waals surface area contributed by atoms with E-state index in [9.17, 15) is 19.4 Å². The number of aromatic carboxylic acids is 1. The summed E-state index contributed by atoms with van der Waals surface area (Å²) in [5, 5.41) is 21.9. The topological polar surface area (TPSA) is 95.6 Å². The van der Waals surface area contributed by atoms with Gasteiger partial charge < -0.3 is 21.3 Å². The highest BCUT2D eigenvalue weighted by molar-refractivity contribution is 6.00. The molecule has 0 aliphatic heterocycles. The van der Waals surface area contributed by atoms with Crippen LogP contribution in [0, 0.1) is 5.82 Å². The number of hydrogen-bond donors (Lipinski definition) is 4. The van der Waals surface area contributed by atoms with Crippen LogP contribution >= 0.6 is 0 Å². The molecule has 5 N–H and O–H groups in total. The van der Waals surface area contributed by atoms with Crippen molar-refractivity contribution < 1.29 is 19.4 Å². The zero-order valence-electron chi connectivity index (χ0n) is 11.2. The lowest BCUT2D eigenvalue weighted by atomic mass is 9.82. The summed E-state index contributed by atoms with van der Waals surface area (Å²) < 4.78 is 13.4. The lowest BCUT2D eigenvalue weighted by molar-refractivity contribution is 0.0698. The predicted octanol–water partition coefficient (Wildman–Crippen LogP) is 2.21. The Labute approximate surface area is 116 Å². The van der Waals surface area contributed by atoms with Gasteiger partial charge in [0, 0.05) is 0 Å². The van der Waals surface area contributed by atoms with Gasteiger partial charge in [-0.1, -0.05) is 19.3 Å². The first-order chi connectivity index (χ1) is 9.49. The maximum Gasteiger partial charge on any atom is 0.340 e. The smallest absolute Gasteiger partial charge is 0.340 e. The molecule has 0 amide bonds. The van der Waals surface area contributed by atoms with Crippen LogP contribution in [0.25, 0.3) is 0 Å². The SMILES string of the molecule is Nc1c(F)ccc(NC2(CO)CCCCC2)c1C(=O)O. The molecule has 0 spiro atoms. The van der Waals surface area contributed by atoms with Crippen LogP contribution in [0.3, 0.4) is 0 Å². The highest BCUT2D eigenvalue weighted by Crippen LogP contribution is 2.34. The van der Waals surface area contributed by atoms with Gasteiger partial charge in [-0.15, -0.1) is 0 Å². The van der Waals surface area contributed by atoms with Crippen molar-refractivity contribution in [1.82, 2.24) is 0 Å². The average Bonchev–Trinajstić information content (AvgIpc) is 2.44. The Morgan fingerprint density at radius 1 is 1.35 bits per heavy atom. The van der Waals surface area contributed by atoms with E-state index < -0.39 is 17.3 Å². The molecule has 1 aromatic carbocycles. The van der Waals surface area contributed by atoms with E-state index in [1.54, 1.807) is 0 Å². The molecule has 0 aromatic heterocycles. The monoisotopic (exact) mass is 282 g/mol. The number of aliphatic hydroxyl groups is 1. The molecule has 1 aliphatic rings. The molecule has 0 unspecified atom stereocenters. The van der Waals surface area contributed by atoms with Gasteiger partial charge >= 0.3 is 5.97 Å². The molecule has 20 heavy (non-hydrogen) atoms. The minimum absolute atomic E-state index is 0.0939. The third kappa shape index (κ3) is 2.70. The molecule has 0 heterocycles. The van der Waals surface area contributed by atoms with Crippen molar-refractivity contribution in [1.29, 1.82) is 0 Å². The summed E-state index contributed by atoms with van der Waals surface area (Å²) in [6, 6.07) is 2.50. The van der Waals surface area contributed by atoms with Crippen LogP contribution in [0.4, 0.5) is 15.8 Å². The Kier molecular flexibility index (Phi) is 4.13. The second-order valence-corrected chi connectivity index (χ2v) is 5.31. The minimum atomic E-state index is -1.28. The number of nitrogen functional groups attached to an aromatic ring is 1. The zero-order valence-corrected chi connectivity index (χ0v) is 11.2. The number of carbonyl (C=O) groups is 1. The van der Waals surface area contributed by atoms with Crippen molar-refractivity contribution in [3.63, 3.8) is 0 Å². The Hall–Kier alpha value is -1.82. The summed E-state index contributed by atoms with van der Waals surface area (Å²) in [7, 11) is 0. The Bertz CT molecular complexity index is 513. The standard InChI is InChI=1S/C14H19FN2O3/c15-9-4-5-10(11(12(9)16)13(19)20)17-14(8-18)6-2-1-3-7-14/h4-5,17-18H,1-3,6-8,16H2,(H,19,20). The molecule has 110 valence electrons. The number of carboxylic acids is 1. The van der Waals surface area contributed by atoms with Crippen LogP contribution in [0.15, 0.2) is 12.1 Å². The van der Waals surface area contributed by atoms with E-state index in [2.05, 4.69) is 5.32 Å². The fourth-order valence-electron chi connectivity index (χ4n) is 2.77. The molecule has 5 nitrogen and oxygen atoms in total. The van der Waals surface area contributed by atoms with Crippen LogP contribution in [0.1, 0.15) is 42.5 Å². The largest absolute Gasteiger partial charge is 0.478 e. The number of carboxylic acid groups (broad SMARTS) is 1. The zero-order chi connectivity index (χ0) is 14.8. The molecule has 0 atom stereocenters. The van der Waals surface area contributed by atoms with E-state index in [1.807, 2.05) is 0 Å². The maximum absolute atomic E-state index is 13.4. The van der Waals surface area contributed by atoms with Gasteiger partial charge in [0.05, 0.1) is 23.5 Å². The number of nitrogens with one attached hydrogen (secondary N) is 1. The first-order valence-corrected chi connectivity index (χ1v) is 6.69. The fourth-order valence-corrected chi connectivity index (χ4v) is 2.77. The highest BCUT2D eigenvalue weighted by atomic mass is 19.1. The van der Waals surface area contributed by atoms with Crippen molar-refractivity contribution in [2.24, 2.45) is 0 Å². The van der Waals surface area contributed by atoms with Crippen LogP contribution in [-0.2, 0) is 0 Å². The summed E-state index contributed by atoms with van der Waals surface area (Å²) in [6.45, 7) is -0.0939. The van der Waals surface area contributed by atoms with Crippen molar-refractivity contribution in [3.05, 3.63) is 23.5 Å². The van der Waals surface area contributed by atoms with Gasteiger partial charge in [-0.2, -0.15) is 0 Å². The van der Waals surface area contributed by atoms with E-state index >= 15 is 0 Å². The van der Waals surface area contributed by atoms with Crippen LogP contribution < -0.4 is 11.1 Å². The van der Waals surface area contributed by atoms with E-state index in [0.29, 0.717) is 0 Å². The first-order valence-electron chi connectivity index (χ1n) is 6.69. The molecule has 1 aromatic rings. The van der Waals surface area contributed by atoms with Gasteiger partial charge in [0.1, 0.15) is 11.4 Å². The van der Waals surface area contributed by atoms with E-state index in [1.165, 1.54) is 6.07 Å². The van der Waals surface area contributed by atoms with Crippen molar-refractivity contribution in [2.45, 2.75) is 37.6 Å². The summed E-state index contributed by atoms with van der Waals surface area (Å²) in [4.78, 5) is 11.3. The Balaban J connectivity index is 2.37. The lowest BCUT2D eigenvalue weighted by Crippen LogP contribution is -2.44. The third-order valence-electron chi connectivity index (χ3n) is 3.92. The Morgan fingerprint density at radius 3 is 2.55 bits per heavy atom. The van der Waals surface area contributed by atoms with Gasteiger partial charge in [-0.05, 0) is 25.0 Å². The quantitative estimate of drug-likeness (QED) is 0.635. The minimum Gasteiger partial charge on any atom is -0.478 e. The fraction of sp³-hybridized carbons (Fsp3) is 0.500. The number of anilines is 2. The van der Waals surface area contributed by atoms with Crippen molar-refractivity contribution >= 4 is 17.3 Å². The number of halogens is 1. The molecule has 6 heteroatoms. The molecule has 1 aliphatic carbocycles. The number of rotatable bonds is 4. The molecule has 2 rings (SSSR count). The molecule has 1 fully saturated rings. The summed E-state index contributed by atoms with van der Waals surface area (Å²) >= 11 is 0. The third-order valence-corrected chi connectivity index (χ3v) is 3.92. The average molecular weight is 282 g/mol. The normalized spacial score (nSPS) is 17.7. The summed E-state index contributed by atoms with van der Waals surface area (Å²) in [5.41, 5.74) is 4.57. The van der Waals surface area contributed by atoms with E-state index in [-0.39, 0.29) is 23.5 Å². The van der Waals surface area contributed by atoms with Gasteiger partial charge in [-0.3, -0.25) is 0 Å². The predicted molar refractivity (Wildman–Crippen MR) is 74.3 cm³/mol. The number of nitrogens with two attached hydrogens (primary N) is 1. The number of benzene rings is 1. The van der Waals surface area contributed by atoms with Gasteiger partial charge in [0.2, 0.25) is 0 Å². The van der Waals surface area contributed by atoms with Gasteiger partial charge in [0.25, 0.3) is 0 Å². The van der Waals surface area contributed by atoms with Crippen LogP contribution in [0.2, 0.25) is 0 Å². The summed E-state index contributed by atoms with van der Waals surface area (Å²) in [6.07, 6.45) is 4.53. The second kappa shape index (κ2) is 5.66. The molecule has 1 saturated carbocycles. The number of hydrogen-bond acceptors (Lipinski definition) is 4. The van der Waals surface area contributed by atoms with Crippen LogP contribution in [0.5, 0.6) is 0 Å². The van der Waals surface area contributed by atoms with Crippen molar-refractivity contribution in [2.75, 3.05) is 17.7 Å². The van der Waals surface area contributed by atoms with Gasteiger partial charge in [-0.25, -0.2) is 9.18 Å². The first kappa shape index (κ1) is 14.6. The van der Waals surface area contributed by atoms with Crippen LogP contribution in [-0.4, -0.2) is 28.3 Å². The number of aliphatic hydroxyl groups excluding tert-OH is 1. The van der Waals surface area contributed by atoms with E-state index in [4.69, 9.17) is 5.73 Å². The van der Waals surface area contributed by atoms with Gasteiger partial charge in [0.15, 0.2) is 0 Å². The molecule has 0 radical (unpaired) electrons. The second-order valence-electron chi connectivity index (χ2n) is 5.31.